The maximum atomic E-state index is 11.9. The van der Waals surface area contributed by atoms with E-state index in [9.17, 15) is 16.8 Å². The topological polar surface area (TPSA) is 146 Å². The molecule has 2 heterocycles. The third-order valence-electron chi connectivity index (χ3n) is 4.28. The van der Waals surface area contributed by atoms with Crippen LogP contribution in [0.15, 0.2) is 48.8 Å². The molecule has 0 aliphatic carbocycles. The Balaban J connectivity index is 1.78. The van der Waals surface area contributed by atoms with Crippen molar-refractivity contribution in [2.45, 2.75) is 6.54 Å². The largest absolute Gasteiger partial charge is 0.364 e. The summed E-state index contributed by atoms with van der Waals surface area (Å²) >= 11 is 6.22. The van der Waals surface area contributed by atoms with Crippen molar-refractivity contribution >= 4 is 60.6 Å². The van der Waals surface area contributed by atoms with Crippen molar-refractivity contribution in [1.82, 2.24) is 15.0 Å². The minimum atomic E-state index is -3.49. The first-order valence-electron chi connectivity index (χ1n) is 9.41. The molecule has 33 heavy (non-hydrogen) atoms. The summed E-state index contributed by atoms with van der Waals surface area (Å²) in [5, 5.41) is 6.32. The maximum Gasteiger partial charge on any atom is 0.233 e. The number of pyridine rings is 1. The number of rotatable bonds is 9. The van der Waals surface area contributed by atoms with E-state index < -0.39 is 20.0 Å². The van der Waals surface area contributed by atoms with Crippen LogP contribution in [0.1, 0.15) is 5.56 Å². The van der Waals surface area contributed by atoms with E-state index in [1.165, 1.54) is 19.4 Å². The molecule has 0 atom stereocenters. The fraction of sp³-hybridized carbons (Fsp3) is 0.211. The molecule has 0 aliphatic heterocycles. The summed E-state index contributed by atoms with van der Waals surface area (Å²) in [7, 11) is -5.48. The summed E-state index contributed by atoms with van der Waals surface area (Å²) in [6, 6.07) is 10.0. The van der Waals surface area contributed by atoms with E-state index in [1.807, 2.05) is 0 Å². The van der Waals surface area contributed by atoms with Gasteiger partial charge in [-0.15, -0.1) is 0 Å². The summed E-state index contributed by atoms with van der Waals surface area (Å²) in [6.07, 6.45) is 5.07. The van der Waals surface area contributed by atoms with Gasteiger partial charge in [0, 0.05) is 31.0 Å². The van der Waals surface area contributed by atoms with Crippen molar-refractivity contribution in [3.63, 3.8) is 0 Å². The van der Waals surface area contributed by atoms with Gasteiger partial charge in [0.1, 0.15) is 10.8 Å². The van der Waals surface area contributed by atoms with Gasteiger partial charge in [0.05, 0.1) is 24.4 Å². The first-order chi connectivity index (χ1) is 15.4. The molecular formula is C19H22ClN7O4S2. The number of nitrogens with zero attached hydrogens (tertiary/aromatic N) is 4. The van der Waals surface area contributed by atoms with Crippen LogP contribution in [0.25, 0.3) is 0 Å². The Kier molecular flexibility index (Phi) is 7.25. The molecule has 0 spiro atoms. The lowest BCUT2D eigenvalue weighted by atomic mass is 10.2. The predicted molar refractivity (Wildman–Crippen MR) is 130 cm³/mol. The second kappa shape index (κ2) is 9.77. The van der Waals surface area contributed by atoms with Crippen LogP contribution >= 0.6 is 11.6 Å². The van der Waals surface area contributed by atoms with Gasteiger partial charge in [-0.25, -0.2) is 26.8 Å². The third-order valence-corrected chi connectivity index (χ3v) is 6.33. The molecule has 0 radical (unpaired) electrons. The Bertz CT molecular complexity index is 1370. The van der Waals surface area contributed by atoms with Crippen molar-refractivity contribution < 1.29 is 16.8 Å². The fourth-order valence-corrected chi connectivity index (χ4v) is 3.93. The van der Waals surface area contributed by atoms with Gasteiger partial charge in [-0.1, -0.05) is 23.7 Å². The van der Waals surface area contributed by atoms with Crippen molar-refractivity contribution in [1.29, 1.82) is 0 Å². The number of benzene rings is 1. The molecule has 14 heteroatoms. The van der Waals surface area contributed by atoms with Crippen LogP contribution in [0.5, 0.6) is 0 Å². The zero-order valence-electron chi connectivity index (χ0n) is 17.9. The van der Waals surface area contributed by atoms with Crippen molar-refractivity contribution in [3.8, 4) is 0 Å². The summed E-state index contributed by atoms with van der Waals surface area (Å²) < 4.78 is 50.2. The summed E-state index contributed by atoms with van der Waals surface area (Å²) in [6.45, 7) is 0.201. The molecule has 0 aliphatic rings. The number of anilines is 5. The quantitative estimate of drug-likeness (QED) is 0.394. The highest BCUT2D eigenvalue weighted by atomic mass is 35.5. The van der Waals surface area contributed by atoms with Crippen molar-refractivity contribution in [3.05, 3.63) is 59.4 Å². The first-order valence-corrected chi connectivity index (χ1v) is 13.5. The van der Waals surface area contributed by atoms with Gasteiger partial charge in [-0.05, 0) is 24.3 Å². The van der Waals surface area contributed by atoms with Gasteiger partial charge >= 0.3 is 0 Å². The SMILES string of the molecule is CN(c1ncccc1CNc1nc(Nc2cccc(NS(C)(=O)=O)c2)ncc1Cl)S(C)(=O)=O. The van der Waals surface area contributed by atoms with Gasteiger partial charge in [0.15, 0.2) is 5.82 Å². The van der Waals surface area contributed by atoms with E-state index in [-0.39, 0.29) is 23.3 Å². The molecule has 0 bridgehead atoms. The highest BCUT2D eigenvalue weighted by molar-refractivity contribution is 7.92. The number of halogens is 1. The van der Waals surface area contributed by atoms with Gasteiger partial charge < -0.3 is 10.6 Å². The molecule has 0 saturated heterocycles. The van der Waals surface area contributed by atoms with Crippen LogP contribution in [0.4, 0.5) is 29.0 Å². The minimum absolute atomic E-state index is 0.201. The van der Waals surface area contributed by atoms with E-state index in [2.05, 4.69) is 30.3 Å². The van der Waals surface area contributed by atoms with Gasteiger partial charge in [-0.3, -0.25) is 9.03 Å². The van der Waals surface area contributed by atoms with Gasteiger partial charge in [0.25, 0.3) is 0 Å². The lowest BCUT2D eigenvalue weighted by Gasteiger charge is -2.19. The molecule has 176 valence electrons. The molecule has 3 N–H and O–H groups in total. The summed E-state index contributed by atoms with van der Waals surface area (Å²) in [5.74, 6) is 0.820. The Morgan fingerprint density at radius 1 is 1.03 bits per heavy atom. The Morgan fingerprint density at radius 2 is 1.76 bits per heavy atom. The molecule has 0 unspecified atom stereocenters. The number of sulfonamides is 2. The van der Waals surface area contributed by atoms with Crippen LogP contribution < -0.4 is 19.7 Å². The predicted octanol–water partition coefficient (Wildman–Crippen LogP) is 2.65. The Hall–Kier alpha value is -3.16. The van der Waals surface area contributed by atoms with Gasteiger partial charge in [-0.2, -0.15) is 4.98 Å². The monoisotopic (exact) mass is 511 g/mol. The molecule has 1 aromatic carbocycles. The van der Waals surface area contributed by atoms with Crippen molar-refractivity contribution in [2.24, 2.45) is 0 Å². The van der Waals surface area contributed by atoms with Crippen LogP contribution in [0.3, 0.4) is 0 Å². The highest BCUT2D eigenvalue weighted by Crippen LogP contribution is 2.25. The first kappa shape index (κ1) is 24.5. The number of hydrogen-bond donors (Lipinski definition) is 3. The summed E-state index contributed by atoms with van der Waals surface area (Å²) in [5.41, 5.74) is 1.56. The summed E-state index contributed by atoms with van der Waals surface area (Å²) in [4.78, 5) is 12.7. The van der Waals surface area contributed by atoms with Crippen LogP contribution in [0.2, 0.25) is 5.02 Å². The van der Waals surface area contributed by atoms with Crippen LogP contribution in [-0.4, -0.2) is 51.3 Å². The van der Waals surface area contributed by atoms with E-state index in [0.717, 1.165) is 16.8 Å². The molecular weight excluding hydrogens is 490 g/mol. The third kappa shape index (κ3) is 6.91. The van der Waals surface area contributed by atoms with E-state index >= 15 is 0 Å². The van der Waals surface area contributed by atoms with E-state index in [4.69, 9.17) is 11.6 Å². The molecule has 0 amide bonds. The number of hydrogen-bond acceptors (Lipinski definition) is 9. The lowest BCUT2D eigenvalue weighted by Crippen LogP contribution is -2.27. The maximum absolute atomic E-state index is 11.9. The smallest absolute Gasteiger partial charge is 0.233 e. The average Bonchev–Trinajstić information content (AvgIpc) is 2.72. The van der Waals surface area contributed by atoms with Gasteiger partial charge in [0.2, 0.25) is 26.0 Å². The Morgan fingerprint density at radius 3 is 2.45 bits per heavy atom. The van der Waals surface area contributed by atoms with Crippen LogP contribution in [0, 0.1) is 0 Å². The zero-order valence-corrected chi connectivity index (χ0v) is 20.3. The molecule has 3 aromatic rings. The highest BCUT2D eigenvalue weighted by Gasteiger charge is 2.17. The van der Waals surface area contributed by atoms with Crippen LogP contribution in [-0.2, 0) is 26.6 Å². The second-order valence-corrected chi connectivity index (χ2v) is 11.2. The number of aromatic nitrogens is 3. The average molecular weight is 512 g/mol. The lowest BCUT2D eigenvalue weighted by molar-refractivity contribution is 0.599. The molecule has 3 rings (SSSR count). The van der Waals surface area contributed by atoms with E-state index in [1.54, 1.807) is 36.4 Å². The molecule has 2 aromatic heterocycles. The van der Waals surface area contributed by atoms with E-state index in [0.29, 0.717) is 22.8 Å². The second-order valence-electron chi connectivity index (χ2n) is 7.04. The molecule has 0 fully saturated rings. The van der Waals surface area contributed by atoms with Crippen molar-refractivity contribution in [2.75, 3.05) is 39.2 Å². The Labute approximate surface area is 197 Å². The standard InChI is InChI=1S/C19H22ClN7O4S2/c1-27(33(3,30)31)18-13(6-5-9-21-18)11-22-17-16(20)12-23-19(25-17)24-14-7-4-8-15(10-14)26-32(2,28)29/h4-10,12,26H,11H2,1-3H3,(H2,22,23,24,25). The normalized spacial score (nSPS) is 11.6. The minimum Gasteiger partial charge on any atom is -0.364 e. The zero-order chi connectivity index (χ0) is 24.2. The number of nitrogens with one attached hydrogen (secondary N) is 3. The fourth-order valence-electron chi connectivity index (χ4n) is 2.74. The molecule has 0 saturated carbocycles. The molecule has 11 nitrogen and oxygen atoms in total.